The molecule has 6 heteroatoms. The van der Waals surface area contributed by atoms with E-state index in [0.29, 0.717) is 17.1 Å². The number of hydrogen-bond donors (Lipinski definition) is 1. The van der Waals surface area contributed by atoms with Crippen LogP contribution in [0.1, 0.15) is 20.3 Å². The number of nitrogens with one attached hydrogen (secondary N) is 1. The summed E-state index contributed by atoms with van der Waals surface area (Å²) in [5, 5.41) is 3.01. The number of esters is 2. The van der Waals surface area contributed by atoms with Crippen LogP contribution in [0.4, 0.5) is 5.69 Å². The number of ether oxygens (including phenoxy) is 3. The fourth-order valence-corrected chi connectivity index (χ4v) is 1.71. The van der Waals surface area contributed by atoms with Gasteiger partial charge in [0.05, 0.1) is 26.7 Å². The van der Waals surface area contributed by atoms with Gasteiger partial charge in [-0.1, -0.05) is 6.07 Å². The molecule has 1 aromatic rings. The SMILES string of the molecule is CCOC(=O)C=C(CC(=O)OCC)Nc1cccc(OC)c1. The van der Waals surface area contributed by atoms with E-state index in [4.69, 9.17) is 14.2 Å². The van der Waals surface area contributed by atoms with Gasteiger partial charge in [-0.25, -0.2) is 4.79 Å². The molecular weight excluding hydrogens is 286 g/mol. The van der Waals surface area contributed by atoms with Crippen molar-refractivity contribution in [2.24, 2.45) is 0 Å². The molecule has 1 N–H and O–H groups in total. The minimum Gasteiger partial charge on any atom is -0.497 e. The topological polar surface area (TPSA) is 73.9 Å². The quantitative estimate of drug-likeness (QED) is 0.587. The van der Waals surface area contributed by atoms with E-state index in [1.807, 2.05) is 0 Å². The van der Waals surface area contributed by atoms with E-state index < -0.39 is 11.9 Å². The maximum Gasteiger partial charge on any atom is 0.332 e. The molecule has 0 atom stereocenters. The molecule has 1 aromatic carbocycles. The minimum atomic E-state index is -0.516. The summed E-state index contributed by atoms with van der Waals surface area (Å²) in [7, 11) is 1.56. The Morgan fingerprint density at radius 2 is 1.91 bits per heavy atom. The zero-order chi connectivity index (χ0) is 16.4. The Kier molecular flexibility index (Phi) is 7.53. The molecule has 22 heavy (non-hydrogen) atoms. The van der Waals surface area contributed by atoms with E-state index in [0.717, 1.165) is 0 Å². The molecule has 0 radical (unpaired) electrons. The second-order valence-corrected chi connectivity index (χ2v) is 4.26. The monoisotopic (exact) mass is 307 g/mol. The average molecular weight is 307 g/mol. The molecule has 0 aliphatic rings. The number of hydrogen-bond acceptors (Lipinski definition) is 6. The van der Waals surface area contributed by atoms with Gasteiger partial charge in [0.2, 0.25) is 0 Å². The lowest BCUT2D eigenvalue weighted by Gasteiger charge is -2.11. The van der Waals surface area contributed by atoms with Gasteiger partial charge in [0.15, 0.2) is 0 Å². The van der Waals surface area contributed by atoms with E-state index in [-0.39, 0.29) is 19.6 Å². The summed E-state index contributed by atoms with van der Waals surface area (Å²) in [5.41, 5.74) is 1.09. The van der Waals surface area contributed by atoms with Gasteiger partial charge in [-0.3, -0.25) is 4.79 Å². The summed E-state index contributed by atoms with van der Waals surface area (Å²) in [5.74, 6) is -0.276. The lowest BCUT2D eigenvalue weighted by molar-refractivity contribution is -0.142. The van der Waals surface area contributed by atoms with Gasteiger partial charge in [-0.2, -0.15) is 0 Å². The summed E-state index contributed by atoms with van der Waals surface area (Å²) in [6.45, 7) is 3.99. The van der Waals surface area contributed by atoms with Gasteiger partial charge < -0.3 is 19.5 Å². The lowest BCUT2D eigenvalue weighted by Crippen LogP contribution is -2.12. The molecule has 0 saturated heterocycles. The molecule has 0 unspecified atom stereocenters. The molecule has 6 nitrogen and oxygen atoms in total. The largest absolute Gasteiger partial charge is 0.497 e. The van der Waals surface area contributed by atoms with Crippen LogP contribution in [0.5, 0.6) is 5.75 Å². The molecule has 120 valence electrons. The number of benzene rings is 1. The Balaban J connectivity index is 2.88. The second kappa shape index (κ2) is 9.44. The first-order chi connectivity index (χ1) is 10.6. The number of anilines is 1. The van der Waals surface area contributed by atoms with Crippen LogP contribution in [0.3, 0.4) is 0 Å². The van der Waals surface area contributed by atoms with Crippen LogP contribution < -0.4 is 10.1 Å². The number of carbonyl (C=O) groups is 2. The Labute approximate surface area is 130 Å². The Bertz CT molecular complexity index is 539. The molecule has 0 bridgehead atoms. The van der Waals surface area contributed by atoms with E-state index >= 15 is 0 Å². The summed E-state index contributed by atoms with van der Waals surface area (Å²) in [6, 6.07) is 7.15. The molecule has 0 spiro atoms. The van der Waals surface area contributed by atoms with Gasteiger partial charge in [-0.05, 0) is 26.0 Å². The molecule has 0 saturated carbocycles. The van der Waals surface area contributed by atoms with Gasteiger partial charge in [0.1, 0.15) is 5.75 Å². The zero-order valence-electron chi connectivity index (χ0n) is 13.0. The fourth-order valence-electron chi connectivity index (χ4n) is 1.71. The Morgan fingerprint density at radius 1 is 1.18 bits per heavy atom. The zero-order valence-corrected chi connectivity index (χ0v) is 13.0. The maximum atomic E-state index is 11.6. The molecule has 0 aromatic heterocycles. The third-order valence-electron chi connectivity index (χ3n) is 2.59. The number of rotatable bonds is 8. The van der Waals surface area contributed by atoms with Crippen LogP contribution in [-0.2, 0) is 19.1 Å². The third kappa shape index (κ3) is 6.30. The van der Waals surface area contributed by atoms with Gasteiger partial charge in [0.25, 0.3) is 0 Å². The summed E-state index contributed by atoms with van der Waals surface area (Å²) in [4.78, 5) is 23.2. The van der Waals surface area contributed by atoms with Gasteiger partial charge in [-0.15, -0.1) is 0 Å². The highest BCUT2D eigenvalue weighted by Gasteiger charge is 2.10. The van der Waals surface area contributed by atoms with Crippen LogP contribution in [0.2, 0.25) is 0 Å². The summed E-state index contributed by atoms with van der Waals surface area (Å²) >= 11 is 0. The van der Waals surface area contributed by atoms with E-state index in [9.17, 15) is 9.59 Å². The van der Waals surface area contributed by atoms with Crippen molar-refractivity contribution in [2.75, 3.05) is 25.6 Å². The molecule has 0 aliphatic heterocycles. The van der Waals surface area contributed by atoms with Crippen molar-refractivity contribution in [1.29, 1.82) is 0 Å². The van der Waals surface area contributed by atoms with Crippen molar-refractivity contribution in [3.8, 4) is 5.75 Å². The second-order valence-electron chi connectivity index (χ2n) is 4.26. The average Bonchev–Trinajstić information content (AvgIpc) is 2.47. The Morgan fingerprint density at radius 3 is 2.55 bits per heavy atom. The molecule has 0 fully saturated rings. The van der Waals surface area contributed by atoms with Crippen LogP contribution in [-0.4, -0.2) is 32.3 Å². The van der Waals surface area contributed by atoms with E-state index in [2.05, 4.69) is 5.32 Å². The number of methoxy groups -OCH3 is 1. The van der Waals surface area contributed by atoms with E-state index in [1.54, 1.807) is 45.2 Å². The van der Waals surface area contributed by atoms with Crippen LogP contribution >= 0.6 is 0 Å². The van der Waals surface area contributed by atoms with Crippen molar-refractivity contribution >= 4 is 17.6 Å². The maximum absolute atomic E-state index is 11.6. The molecule has 0 amide bonds. The first kappa shape index (κ1) is 17.6. The highest BCUT2D eigenvalue weighted by Crippen LogP contribution is 2.19. The lowest BCUT2D eigenvalue weighted by atomic mass is 10.2. The van der Waals surface area contributed by atoms with Crippen molar-refractivity contribution in [3.63, 3.8) is 0 Å². The standard InChI is InChI=1S/C16H21NO5/c1-4-21-15(18)10-13(11-16(19)22-5-2)17-12-7-6-8-14(9-12)20-3/h6-10,17H,4-5,11H2,1-3H3. The summed E-state index contributed by atoms with van der Waals surface area (Å²) in [6.07, 6.45) is 1.20. The van der Waals surface area contributed by atoms with Gasteiger partial charge >= 0.3 is 11.9 Å². The van der Waals surface area contributed by atoms with Crippen LogP contribution in [0, 0.1) is 0 Å². The molecule has 0 heterocycles. The molecule has 0 aliphatic carbocycles. The van der Waals surface area contributed by atoms with Crippen molar-refractivity contribution in [3.05, 3.63) is 36.0 Å². The van der Waals surface area contributed by atoms with Crippen LogP contribution in [0.25, 0.3) is 0 Å². The highest BCUT2D eigenvalue weighted by molar-refractivity contribution is 5.85. The number of carbonyl (C=O) groups excluding carboxylic acids is 2. The molecule has 1 rings (SSSR count). The first-order valence-corrected chi connectivity index (χ1v) is 7.03. The first-order valence-electron chi connectivity index (χ1n) is 7.03. The predicted molar refractivity (Wildman–Crippen MR) is 82.6 cm³/mol. The molecular formula is C16H21NO5. The normalized spacial score (nSPS) is 10.8. The van der Waals surface area contributed by atoms with Crippen molar-refractivity contribution in [1.82, 2.24) is 0 Å². The highest BCUT2D eigenvalue weighted by atomic mass is 16.5. The third-order valence-corrected chi connectivity index (χ3v) is 2.59. The summed E-state index contributed by atoms with van der Waals surface area (Å²) < 4.78 is 14.9. The smallest absolute Gasteiger partial charge is 0.332 e. The predicted octanol–water partition coefficient (Wildman–Crippen LogP) is 2.51. The van der Waals surface area contributed by atoms with E-state index in [1.165, 1.54) is 6.08 Å². The van der Waals surface area contributed by atoms with Crippen molar-refractivity contribution in [2.45, 2.75) is 20.3 Å². The van der Waals surface area contributed by atoms with Crippen LogP contribution in [0.15, 0.2) is 36.0 Å². The minimum absolute atomic E-state index is 0.0517. The Hall–Kier alpha value is -2.50. The fraction of sp³-hybridized carbons (Fsp3) is 0.375. The van der Waals surface area contributed by atoms with Crippen molar-refractivity contribution < 1.29 is 23.8 Å². The van der Waals surface area contributed by atoms with Gasteiger partial charge in [0, 0.05) is 23.5 Å².